The van der Waals surface area contributed by atoms with E-state index in [0.29, 0.717) is 18.2 Å². The minimum absolute atomic E-state index is 0.145. The maximum absolute atomic E-state index is 11.8. The average Bonchev–Trinajstić information content (AvgIpc) is 3.06. The molecule has 3 rings (SSSR count). The first-order valence-electron chi connectivity index (χ1n) is 7.81. The zero-order valence-corrected chi connectivity index (χ0v) is 13.8. The topological polar surface area (TPSA) is 70.6 Å². The SMILES string of the molecule is O=C(NCc1ccc(Cl)cc1)NCC(O)c1ccc2c(c1)CCO2. The molecular weight excluding hydrogens is 328 g/mol. The third-order valence-electron chi connectivity index (χ3n) is 3.92. The van der Waals surface area contributed by atoms with E-state index in [2.05, 4.69) is 10.6 Å². The Labute approximate surface area is 145 Å². The van der Waals surface area contributed by atoms with Crippen molar-refractivity contribution in [1.82, 2.24) is 10.6 Å². The van der Waals surface area contributed by atoms with Crippen molar-refractivity contribution in [3.63, 3.8) is 0 Å². The van der Waals surface area contributed by atoms with Crippen LogP contribution in [0, 0.1) is 0 Å². The number of ether oxygens (including phenoxy) is 1. The summed E-state index contributed by atoms with van der Waals surface area (Å²) < 4.78 is 5.44. The van der Waals surface area contributed by atoms with E-state index in [9.17, 15) is 9.90 Å². The third kappa shape index (κ3) is 4.19. The van der Waals surface area contributed by atoms with Crippen LogP contribution < -0.4 is 15.4 Å². The maximum atomic E-state index is 11.8. The number of hydrogen-bond acceptors (Lipinski definition) is 3. The van der Waals surface area contributed by atoms with Gasteiger partial charge in [-0.2, -0.15) is 0 Å². The van der Waals surface area contributed by atoms with Crippen molar-refractivity contribution in [2.45, 2.75) is 19.1 Å². The van der Waals surface area contributed by atoms with E-state index in [1.807, 2.05) is 30.3 Å². The summed E-state index contributed by atoms with van der Waals surface area (Å²) in [7, 11) is 0. The normalized spacial score (nSPS) is 13.8. The molecule has 2 aromatic carbocycles. The van der Waals surface area contributed by atoms with Crippen LogP contribution in [0.4, 0.5) is 4.79 Å². The van der Waals surface area contributed by atoms with Crippen LogP contribution in [0.3, 0.4) is 0 Å². The lowest BCUT2D eigenvalue weighted by Crippen LogP contribution is -2.37. The number of carbonyl (C=O) groups excluding carboxylic acids is 1. The first kappa shape index (κ1) is 16.6. The van der Waals surface area contributed by atoms with E-state index in [0.717, 1.165) is 28.9 Å². The Kier molecular flexibility index (Phi) is 5.23. The minimum Gasteiger partial charge on any atom is -0.493 e. The summed E-state index contributed by atoms with van der Waals surface area (Å²) in [6.07, 6.45) is 0.0995. The lowest BCUT2D eigenvalue weighted by atomic mass is 10.0. The quantitative estimate of drug-likeness (QED) is 0.779. The second-order valence-corrected chi connectivity index (χ2v) is 6.11. The summed E-state index contributed by atoms with van der Waals surface area (Å²) in [5, 5.41) is 16.3. The number of hydrogen-bond donors (Lipinski definition) is 3. The molecule has 24 heavy (non-hydrogen) atoms. The summed E-state index contributed by atoms with van der Waals surface area (Å²) in [5.74, 6) is 0.875. The highest BCUT2D eigenvalue weighted by molar-refractivity contribution is 6.30. The zero-order chi connectivity index (χ0) is 16.9. The zero-order valence-electron chi connectivity index (χ0n) is 13.1. The molecule has 1 heterocycles. The van der Waals surface area contributed by atoms with Crippen LogP contribution >= 0.6 is 11.6 Å². The molecule has 1 aliphatic rings. The Hall–Kier alpha value is -2.24. The monoisotopic (exact) mass is 346 g/mol. The fourth-order valence-corrected chi connectivity index (χ4v) is 2.69. The van der Waals surface area contributed by atoms with Gasteiger partial charge in [0, 0.05) is 24.5 Å². The van der Waals surface area contributed by atoms with Gasteiger partial charge in [-0.05, 0) is 41.0 Å². The Morgan fingerprint density at radius 1 is 1.21 bits per heavy atom. The molecule has 5 nitrogen and oxygen atoms in total. The minimum atomic E-state index is -0.753. The summed E-state index contributed by atoms with van der Waals surface area (Å²) in [5.41, 5.74) is 2.82. The van der Waals surface area contributed by atoms with E-state index < -0.39 is 6.10 Å². The molecule has 1 unspecified atom stereocenters. The molecule has 0 saturated carbocycles. The van der Waals surface area contributed by atoms with Crippen LogP contribution in [0.1, 0.15) is 22.8 Å². The fourth-order valence-electron chi connectivity index (χ4n) is 2.57. The highest BCUT2D eigenvalue weighted by Gasteiger charge is 2.16. The maximum Gasteiger partial charge on any atom is 0.315 e. The standard InChI is InChI=1S/C18H19ClN2O3/c19-15-4-1-12(2-5-15)10-20-18(23)21-11-16(22)13-3-6-17-14(9-13)7-8-24-17/h1-6,9,16,22H,7-8,10-11H2,(H2,20,21,23). The molecule has 0 radical (unpaired) electrons. The molecule has 0 aliphatic carbocycles. The number of aliphatic hydroxyl groups is 1. The Balaban J connectivity index is 1.46. The van der Waals surface area contributed by atoms with Crippen molar-refractivity contribution in [1.29, 1.82) is 0 Å². The second kappa shape index (κ2) is 7.55. The number of aliphatic hydroxyl groups excluding tert-OH is 1. The second-order valence-electron chi connectivity index (χ2n) is 5.67. The summed E-state index contributed by atoms with van der Waals surface area (Å²) >= 11 is 5.82. The number of carbonyl (C=O) groups is 1. The third-order valence-corrected chi connectivity index (χ3v) is 4.17. The Morgan fingerprint density at radius 2 is 2.00 bits per heavy atom. The van der Waals surface area contributed by atoms with Crippen molar-refractivity contribution in [2.24, 2.45) is 0 Å². The molecule has 126 valence electrons. The summed E-state index contributed by atoms with van der Waals surface area (Å²) in [4.78, 5) is 11.8. The molecule has 2 amide bonds. The molecule has 1 aliphatic heterocycles. The number of urea groups is 1. The van der Waals surface area contributed by atoms with Crippen molar-refractivity contribution in [3.05, 3.63) is 64.2 Å². The first-order chi connectivity index (χ1) is 11.6. The molecule has 0 bridgehead atoms. The van der Waals surface area contributed by atoms with Crippen molar-refractivity contribution in [3.8, 4) is 5.75 Å². The average molecular weight is 347 g/mol. The molecule has 2 aromatic rings. The van der Waals surface area contributed by atoms with E-state index in [-0.39, 0.29) is 12.6 Å². The molecule has 3 N–H and O–H groups in total. The van der Waals surface area contributed by atoms with Gasteiger partial charge in [-0.3, -0.25) is 0 Å². The predicted molar refractivity (Wildman–Crippen MR) is 92.3 cm³/mol. The van der Waals surface area contributed by atoms with E-state index in [1.54, 1.807) is 12.1 Å². The highest BCUT2D eigenvalue weighted by atomic mass is 35.5. The predicted octanol–water partition coefficient (Wildman–Crippen LogP) is 2.81. The van der Waals surface area contributed by atoms with E-state index in [4.69, 9.17) is 16.3 Å². The van der Waals surface area contributed by atoms with Gasteiger partial charge in [0.05, 0.1) is 12.7 Å². The van der Waals surface area contributed by atoms with Crippen molar-refractivity contribution < 1.29 is 14.6 Å². The van der Waals surface area contributed by atoms with E-state index >= 15 is 0 Å². The van der Waals surface area contributed by atoms with Crippen molar-refractivity contribution in [2.75, 3.05) is 13.2 Å². The molecule has 0 spiro atoms. The highest BCUT2D eigenvalue weighted by Crippen LogP contribution is 2.27. The molecule has 6 heteroatoms. The van der Waals surface area contributed by atoms with Gasteiger partial charge in [0.15, 0.2) is 0 Å². The number of rotatable bonds is 5. The van der Waals surface area contributed by atoms with Crippen LogP contribution in [0.2, 0.25) is 5.02 Å². The molecule has 1 atom stereocenters. The molecule has 0 aromatic heterocycles. The smallest absolute Gasteiger partial charge is 0.315 e. The number of fused-ring (bicyclic) bond motifs is 1. The molecule has 0 saturated heterocycles. The van der Waals surface area contributed by atoms with Gasteiger partial charge in [0.25, 0.3) is 0 Å². The van der Waals surface area contributed by atoms with Gasteiger partial charge in [-0.15, -0.1) is 0 Å². The lowest BCUT2D eigenvalue weighted by Gasteiger charge is -2.14. The number of benzene rings is 2. The van der Waals surface area contributed by atoms with Gasteiger partial charge in [-0.1, -0.05) is 29.8 Å². The Morgan fingerprint density at radius 3 is 2.79 bits per heavy atom. The first-order valence-corrected chi connectivity index (χ1v) is 8.19. The fraction of sp³-hybridized carbons (Fsp3) is 0.278. The van der Waals surface area contributed by atoms with Crippen molar-refractivity contribution >= 4 is 17.6 Å². The van der Waals surface area contributed by atoms with Crippen LogP contribution in [0.5, 0.6) is 5.75 Å². The van der Waals surface area contributed by atoms with Gasteiger partial charge in [-0.25, -0.2) is 4.79 Å². The number of nitrogens with one attached hydrogen (secondary N) is 2. The molecule has 0 fully saturated rings. The largest absolute Gasteiger partial charge is 0.493 e. The van der Waals surface area contributed by atoms with Gasteiger partial charge in [0.2, 0.25) is 0 Å². The van der Waals surface area contributed by atoms with Crippen LogP contribution in [-0.2, 0) is 13.0 Å². The van der Waals surface area contributed by atoms with Crippen LogP contribution in [0.25, 0.3) is 0 Å². The summed E-state index contributed by atoms with van der Waals surface area (Å²) in [6.45, 7) is 1.22. The van der Waals surface area contributed by atoms with E-state index in [1.165, 1.54) is 0 Å². The van der Waals surface area contributed by atoms with Gasteiger partial charge >= 0.3 is 6.03 Å². The molecular formula is C18H19ClN2O3. The van der Waals surface area contributed by atoms with Gasteiger partial charge < -0.3 is 20.5 Å². The van der Waals surface area contributed by atoms with Gasteiger partial charge in [0.1, 0.15) is 5.75 Å². The number of amides is 2. The summed E-state index contributed by atoms with van der Waals surface area (Å²) in [6, 6.07) is 12.5. The van der Waals surface area contributed by atoms with Crippen LogP contribution in [-0.4, -0.2) is 24.3 Å². The Bertz CT molecular complexity index is 719. The lowest BCUT2D eigenvalue weighted by molar-refractivity contribution is 0.173. The van der Waals surface area contributed by atoms with Crippen LogP contribution in [0.15, 0.2) is 42.5 Å². The number of halogens is 1.